The molecule has 0 aliphatic rings. The minimum atomic E-state index is -0.617. The number of anilines is 3. The van der Waals surface area contributed by atoms with Gasteiger partial charge in [0.2, 0.25) is 5.91 Å². The third kappa shape index (κ3) is 6.75. The molecule has 0 saturated heterocycles. The molecule has 35 heavy (non-hydrogen) atoms. The number of hydrogen-bond donors (Lipinski definition) is 3. The molecule has 1 aromatic heterocycles. The van der Waals surface area contributed by atoms with Crippen LogP contribution < -0.4 is 31.9 Å². The number of carbonyl (C=O) groups excluding carboxylic acids is 1. The molecule has 0 aliphatic carbocycles. The first kappa shape index (κ1) is 25.6. The van der Waals surface area contributed by atoms with E-state index in [0.29, 0.717) is 30.3 Å². The SMILES string of the molecule is CC(C)CN(CC(=O)Nc1ccccc1Oc1ccccc1)c1c(N)n(CC(C)C)c(=O)[nH]c1=O. The number of amides is 1. The highest BCUT2D eigenvalue weighted by atomic mass is 16.5. The first-order valence-electron chi connectivity index (χ1n) is 11.6. The van der Waals surface area contributed by atoms with Crippen molar-refractivity contribution in [1.29, 1.82) is 0 Å². The molecular weight excluding hydrogens is 446 g/mol. The highest BCUT2D eigenvalue weighted by Gasteiger charge is 2.23. The van der Waals surface area contributed by atoms with Gasteiger partial charge < -0.3 is 20.7 Å². The Kier molecular flexibility index (Phi) is 8.35. The maximum Gasteiger partial charge on any atom is 0.330 e. The Morgan fingerprint density at radius 3 is 2.34 bits per heavy atom. The summed E-state index contributed by atoms with van der Waals surface area (Å²) in [6, 6.07) is 16.4. The number of nitrogens with one attached hydrogen (secondary N) is 2. The number of aromatic amines is 1. The zero-order chi connectivity index (χ0) is 25.5. The van der Waals surface area contributed by atoms with Gasteiger partial charge in [0.25, 0.3) is 5.56 Å². The molecule has 3 aromatic rings. The minimum absolute atomic E-state index is 0.0497. The molecule has 9 heteroatoms. The van der Waals surface area contributed by atoms with Crippen molar-refractivity contribution < 1.29 is 9.53 Å². The molecule has 1 heterocycles. The van der Waals surface area contributed by atoms with E-state index >= 15 is 0 Å². The van der Waals surface area contributed by atoms with E-state index in [2.05, 4.69) is 10.3 Å². The van der Waals surface area contributed by atoms with Gasteiger partial charge in [-0.05, 0) is 36.1 Å². The number of para-hydroxylation sites is 3. The molecule has 4 N–H and O–H groups in total. The van der Waals surface area contributed by atoms with E-state index < -0.39 is 11.2 Å². The molecule has 0 aliphatic heterocycles. The van der Waals surface area contributed by atoms with Crippen molar-refractivity contribution in [1.82, 2.24) is 9.55 Å². The van der Waals surface area contributed by atoms with E-state index in [1.54, 1.807) is 23.1 Å². The number of aromatic nitrogens is 2. The summed E-state index contributed by atoms with van der Waals surface area (Å²) >= 11 is 0. The third-order valence-electron chi connectivity index (χ3n) is 5.13. The van der Waals surface area contributed by atoms with Gasteiger partial charge in [-0.2, -0.15) is 0 Å². The summed E-state index contributed by atoms with van der Waals surface area (Å²) in [5.74, 6) is 1.09. The van der Waals surface area contributed by atoms with Crippen LogP contribution in [0.4, 0.5) is 17.2 Å². The average molecular weight is 480 g/mol. The number of rotatable bonds is 10. The second-order valence-electron chi connectivity index (χ2n) is 9.23. The Bertz CT molecular complexity index is 1260. The maximum absolute atomic E-state index is 13.1. The van der Waals surface area contributed by atoms with Crippen LogP contribution in [0.1, 0.15) is 27.7 Å². The van der Waals surface area contributed by atoms with Crippen molar-refractivity contribution in [3.05, 3.63) is 75.4 Å². The summed E-state index contributed by atoms with van der Waals surface area (Å²) in [6.07, 6.45) is 0. The molecule has 9 nitrogen and oxygen atoms in total. The van der Waals surface area contributed by atoms with Gasteiger partial charge in [0.05, 0.1) is 12.2 Å². The number of benzene rings is 2. The quantitative estimate of drug-likeness (QED) is 0.408. The highest BCUT2D eigenvalue weighted by Crippen LogP contribution is 2.29. The smallest absolute Gasteiger partial charge is 0.330 e. The summed E-state index contributed by atoms with van der Waals surface area (Å²) in [5, 5.41) is 2.87. The molecule has 0 unspecified atom stereocenters. The van der Waals surface area contributed by atoms with Crippen molar-refractivity contribution in [2.24, 2.45) is 11.8 Å². The number of nitrogen functional groups attached to an aromatic ring is 1. The highest BCUT2D eigenvalue weighted by molar-refractivity contribution is 5.95. The standard InChI is InChI=1S/C26H33N5O4/c1-17(2)14-30(23-24(27)31(15-18(3)4)26(34)29-25(23)33)16-22(32)28-20-12-8-9-13-21(20)35-19-10-6-5-7-11-19/h5-13,17-18H,14-16,27H2,1-4H3,(H,28,32)(H,29,33,34). The lowest BCUT2D eigenvalue weighted by molar-refractivity contribution is -0.115. The van der Waals surface area contributed by atoms with Gasteiger partial charge >= 0.3 is 5.69 Å². The lowest BCUT2D eigenvalue weighted by Crippen LogP contribution is -2.43. The Hall–Kier alpha value is -4.01. The summed E-state index contributed by atoms with van der Waals surface area (Å²) in [5.41, 5.74) is 5.73. The minimum Gasteiger partial charge on any atom is -0.455 e. The first-order valence-corrected chi connectivity index (χ1v) is 11.6. The van der Waals surface area contributed by atoms with Crippen LogP contribution in [0.15, 0.2) is 64.2 Å². The predicted octanol–water partition coefficient (Wildman–Crippen LogP) is 3.67. The normalized spacial score (nSPS) is 11.0. The Balaban J connectivity index is 1.88. The van der Waals surface area contributed by atoms with Crippen molar-refractivity contribution in [3.8, 4) is 11.5 Å². The van der Waals surface area contributed by atoms with Crippen molar-refractivity contribution in [2.45, 2.75) is 34.2 Å². The molecule has 2 aromatic carbocycles. The van der Waals surface area contributed by atoms with Crippen LogP contribution in [0.2, 0.25) is 0 Å². The number of hydrogen-bond acceptors (Lipinski definition) is 6. The molecule has 0 saturated carbocycles. The summed E-state index contributed by atoms with van der Waals surface area (Å²) in [7, 11) is 0. The van der Waals surface area contributed by atoms with E-state index in [0.717, 1.165) is 0 Å². The number of ether oxygens (including phenoxy) is 1. The van der Waals surface area contributed by atoms with Crippen LogP contribution in [-0.4, -0.2) is 28.5 Å². The van der Waals surface area contributed by atoms with Crippen LogP contribution in [0.25, 0.3) is 0 Å². The fourth-order valence-electron chi connectivity index (χ4n) is 3.74. The zero-order valence-electron chi connectivity index (χ0n) is 20.6. The average Bonchev–Trinajstić information content (AvgIpc) is 2.78. The molecule has 0 fully saturated rings. The monoisotopic (exact) mass is 479 g/mol. The van der Waals surface area contributed by atoms with Gasteiger partial charge in [0.15, 0.2) is 5.75 Å². The fraction of sp³-hybridized carbons (Fsp3) is 0.346. The lowest BCUT2D eigenvalue weighted by Gasteiger charge is -2.27. The molecule has 3 rings (SSSR count). The van der Waals surface area contributed by atoms with E-state index in [1.807, 2.05) is 64.1 Å². The van der Waals surface area contributed by atoms with Gasteiger partial charge in [0, 0.05) is 13.1 Å². The molecule has 186 valence electrons. The summed E-state index contributed by atoms with van der Waals surface area (Å²) in [6.45, 7) is 8.45. The molecule has 0 atom stereocenters. The van der Waals surface area contributed by atoms with Gasteiger partial charge in [-0.1, -0.05) is 58.0 Å². The second-order valence-corrected chi connectivity index (χ2v) is 9.23. The molecule has 0 spiro atoms. The lowest BCUT2D eigenvalue weighted by atomic mass is 10.2. The van der Waals surface area contributed by atoms with Gasteiger partial charge in [0.1, 0.15) is 17.3 Å². The Morgan fingerprint density at radius 2 is 1.69 bits per heavy atom. The largest absolute Gasteiger partial charge is 0.455 e. The topological polar surface area (TPSA) is 122 Å². The van der Waals surface area contributed by atoms with E-state index in [-0.39, 0.29) is 35.8 Å². The van der Waals surface area contributed by atoms with E-state index in [9.17, 15) is 14.4 Å². The predicted molar refractivity (Wildman–Crippen MR) is 139 cm³/mol. The summed E-state index contributed by atoms with van der Waals surface area (Å²) < 4.78 is 7.27. The third-order valence-corrected chi connectivity index (χ3v) is 5.13. The Morgan fingerprint density at radius 1 is 1.03 bits per heavy atom. The van der Waals surface area contributed by atoms with Crippen LogP contribution in [0.5, 0.6) is 11.5 Å². The molecule has 0 bridgehead atoms. The Labute approximate surface area is 204 Å². The molecule has 0 radical (unpaired) electrons. The zero-order valence-corrected chi connectivity index (χ0v) is 20.6. The molecule has 1 amide bonds. The van der Waals surface area contributed by atoms with Crippen molar-refractivity contribution in [2.75, 3.05) is 29.0 Å². The van der Waals surface area contributed by atoms with E-state index in [1.165, 1.54) is 4.57 Å². The fourth-order valence-corrected chi connectivity index (χ4v) is 3.74. The number of nitrogens with zero attached hydrogens (tertiary/aromatic N) is 2. The first-order chi connectivity index (χ1) is 16.7. The van der Waals surface area contributed by atoms with Crippen molar-refractivity contribution in [3.63, 3.8) is 0 Å². The van der Waals surface area contributed by atoms with Crippen LogP contribution >= 0.6 is 0 Å². The number of nitrogens with two attached hydrogens (primary N) is 1. The van der Waals surface area contributed by atoms with E-state index in [4.69, 9.17) is 10.5 Å². The van der Waals surface area contributed by atoms with Crippen molar-refractivity contribution >= 4 is 23.1 Å². The van der Waals surface area contributed by atoms with Crippen LogP contribution in [-0.2, 0) is 11.3 Å². The van der Waals surface area contributed by atoms with Crippen LogP contribution in [0.3, 0.4) is 0 Å². The summed E-state index contributed by atoms with van der Waals surface area (Å²) in [4.78, 5) is 42.2. The number of H-pyrrole nitrogens is 1. The van der Waals surface area contributed by atoms with Gasteiger partial charge in [-0.15, -0.1) is 0 Å². The van der Waals surface area contributed by atoms with Gasteiger partial charge in [-0.25, -0.2) is 4.79 Å². The van der Waals surface area contributed by atoms with Gasteiger partial charge in [-0.3, -0.25) is 19.1 Å². The maximum atomic E-state index is 13.1. The second kappa shape index (κ2) is 11.4. The number of carbonyl (C=O) groups is 1. The molecular formula is C26H33N5O4. The van der Waals surface area contributed by atoms with Crippen LogP contribution in [0, 0.1) is 11.8 Å².